The highest BCUT2D eigenvalue weighted by molar-refractivity contribution is 9.10. The van der Waals surface area contributed by atoms with E-state index in [0.717, 1.165) is 21.1 Å². The zero-order chi connectivity index (χ0) is 13.1. The van der Waals surface area contributed by atoms with E-state index in [-0.39, 0.29) is 5.97 Å². The summed E-state index contributed by atoms with van der Waals surface area (Å²) in [7, 11) is 0. The van der Waals surface area contributed by atoms with Crippen molar-refractivity contribution in [2.75, 3.05) is 12.3 Å². The predicted molar refractivity (Wildman–Crippen MR) is 73.9 cm³/mol. The number of aromatic nitrogens is 2. The Kier molecular flexibility index (Phi) is 3.66. The fourth-order valence-corrected chi connectivity index (χ4v) is 1.96. The van der Waals surface area contributed by atoms with E-state index in [1.54, 1.807) is 19.1 Å². The van der Waals surface area contributed by atoms with Crippen LogP contribution in [0.15, 0.2) is 22.8 Å². The molecule has 0 saturated heterocycles. The van der Waals surface area contributed by atoms with E-state index >= 15 is 0 Å². The van der Waals surface area contributed by atoms with Gasteiger partial charge in [-0.2, -0.15) is 5.10 Å². The molecule has 0 saturated carbocycles. The lowest BCUT2D eigenvalue weighted by atomic mass is 10.1. The van der Waals surface area contributed by atoms with Crippen molar-refractivity contribution in [2.24, 2.45) is 0 Å². The van der Waals surface area contributed by atoms with E-state index in [9.17, 15) is 4.79 Å². The van der Waals surface area contributed by atoms with Gasteiger partial charge in [-0.3, -0.25) is 5.10 Å². The molecule has 0 radical (unpaired) electrons. The SMILES string of the molecule is CCOC(=O)/C=C/c1cc2c(Br)[nH]nc2cc1N. The quantitative estimate of drug-likeness (QED) is 0.518. The third-order valence-electron chi connectivity index (χ3n) is 2.40. The van der Waals surface area contributed by atoms with Crippen molar-refractivity contribution >= 4 is 44.6 Å². The van der Waals surface area contributed by atoms with Crippen molar-refractivity contribution in [3.8, 4) is 0 Å². The monoisotopic (exact) mass is 309 g/mol. The van der Waals surface area contributed by atoms with E-state index in [2.05, 4.69) is 26.1 Å². The predicted octanol–water partition coefficient (Wildman–Crippen LogP) is 2.48. The molecule has 0 aliphatic carbocycles. The molecule has 3 N–H and O–H groups in total. The molecule has 18 heavy (non-hydrogen) atoms. The number of ether oxygens (including phenoxy) is 1. The summed E-state index contributed by atoms with van der Waals surface area (Å²) < 4.78 is 5.59. The zero-order valence-corrected chi connectivity index (χ0v) is 11.3. The van der Waals surface area contributed by atoms with Gasteiger partial charge < -0.3 is 10.5 Å². The standard InChI is InChI=1S/C12H12BrN3O2/c1-2-18-11(17)4-3-7-5-8-10(6-9(7)14)15-16-12(8)13/h3-6H,2,14H2,1H3,(H,15,16)/b4-3+. The largest absolute Gasteiger partial charge is 0.463 e. The minimum Gasteiger partial charge on any atom is -0.463 e. The first-order chi connectivity index (χ1) is 8.61. The number of esters is 1. The zero-order valence-electron chi connectivity index (χ0n) is 9.74. The number of carbonyl (C=O) groups is 1. The lowest BCUT2D eigenvalue weighted by molar-refractivity contribution is -0.137. The maximum atomic E-state index is 11.2. The molecule has 6 heteroatoms. The summed E-state index contributed by atoms with van der Waals surface area (Å²) in [4.78, 5) is 11.2. The number of nitrogen functional groups attached to an aromatic ring is 1. The van der Waals surface area contributed by atoms with Gasteiger partial charge in [-0.1, -0.05) is 0 Å². The minimum absolute atomic E-state index is 0.352. The summed E-state index contributed by atoms with van der Waals surface area (Å²) in [6.45, 7) is 2.11. The number of hydrogen-bond donors (Lipinski definition) is 2. The number of nitrogens with two attached hydrogens (primary N) is 1. The van der Waals surface area contributed by atoms with Gasteiger partial charge >= 0.3 is 5.97 Å². The summed E-state index contributed by atoms with van der Waals surface area (Å²) in [6.07, 6.45) is 2.99. The molecule has 0 aliphatic heterocycles. The van der Waals surface area contributed by atoms with Gasteiger partial charge in [0, 0.05) is 17.1 Å². The second-order valence-electron chi connectivity index (χ2n) is 3.62. The average molecular weight is 310 g/mol. The van der Waals surface area contributed by atoms with Gasteiger partial charge in [-0.25, -0.2) is 4.79 Å². The first-order valence-corrected chi connectivity index (χ1v) is 6.19. The number of carbonyl (C=O) groups excluding carboxylic acids is 1. The summed E-state index contributed by atoms with van der Waals surface area (Å²) in [5, 5.41) is 7.80. The molecule has 1 aromatic carbocycles. The van der Waals surface area contributed by atoms with Crippen LogP contribution in [0, 0.1) is 0 Å². The molecule has 0 atom stereocenters. The molecule has 5 nitrogen and oxygen atoms in total. The molecule has 0 spiro atoms. The molecule has 0 amide bonds. The number of H-pyrrole nitrogens is 1. The maximum Gasteiger partial charge on any atom is 0.330 e. The van der Waals surface area contributed by atoms with Gasteiger partial charge in [0.2, 0.25) is 0 Å². The highest BCUT2D eigenvalue weighted by Crippen LogP contribution is 2.26. The molecule has 94 valence electrons. The van der Waals surface area contributed by atoms with E-state index < -0.39 is 0 Å². The number of rotatable bonds is 3. The molecule has 2 aromatic rings. The van der Waals surface area contributed by atoms with Crippen LogP contribution >= 0.6 is 15.9 Å². The van der Waals surface area contributed by atoms with Crippen LogP contribution in [0.5, 0.6) is 0 Å². The molecule has 0 aliphatic rings. The Morgan fingerprint density at radius 1 is 1.61 bits per heavy atom. The number of halogens is 1. The van der Waals surface area contributed by atoms with Crippen LogP contribution in [-0.4, -0.2) is 22.8 Å². The summed E-state index contributed by atoms with van der Waals surface area (Å²) in [5.74, 6) is -0.386. The Labute approximate surface area is 112 Å². The molecule has 0 unspecified atom stereocenters. The van der Waals surface area contributed by atoms with Crippen LogP contribution in [0.1, 0.15) is 12.5 Å². The van der Waals surface area contributed by atoms with Gasteiger partial charge in [-0.15, -0.1) is 0 Å². The van der Waals surface area contributed by atoms with Crippen LogP contribution < -0.4 is 5.73 Å². The summed E-state index contributed by atoms with van der Waals surface area (Å²) in [6, 6.07) is 3.61. The Bertz CT molecular complexity index is 619. The number of benzene rings is 1. The third-order valence-corrected chi connectivity index (χ3v) is 3.00. The number of fused-ring (bicyclic) bond motifs is 1. The lowest BCUT2D eigenvalue weighted by Crippen LogP contribution is -1.99. The van der Waals surface area contributed by atoms with Crippen LogP contribution in [0.3, 0.4) is 0 Å². The van der Waals surface area contributed by atoms with Crippen LogP contribution in [0.25, 0.3) is 17.0 Å². The van der Waals surface area contributed by atoms with Crippen molar-refractivity contribution in [2.45, 2.75) is 6.92 Å². The summed E-state index contributed by atoms with van der Waals surface area (Å²) >= 11 is 3.36. The topological polar surface area (TPSA) is 81.0 Å². The molecular weight excluding hydrogens is 298 g/mol. The molecular formula is C12H12BrN3O2. The van der Waals surface area contributed by atoms with Gasteiger partial charge in [-0.05, 0) is 46.6 Å². The normalized spacial score (nSPS) is 11.2. The smallest absolute Gasteiger partial charge is 0.330 e. The Morgan fingerprint density at radius 3 is 3.11 bits per heavy atom. The number of nitrogens with zero attached hydrogens (tertiary/aromatic N) is 1. The van der Waals surface area contributed by atoms with Crippen LogP contribution in [-0.2, 0) is 9.53 Å². The first kappa shape index (κ1) is 12.6. The van der Waals surface area contributed by atoms with Crippen LogP contribution in [0.4, 0.5) is 5.69 Å². The fourth-order valence-electron chi connectivity index (χ4n) is 1.55. The number of anilines is 1. The van der Waals surface area contributed by atoms with Crippen molar-refractivity contribution in [3.05, 3.63) is 28.4 Å². The summed E-state index contributed by atoms with van der Waals surface area (Å²) in [5.41, 5.74) is 7.96. The van der Waals surface area contributed by atoms with Crippen molar-refractivity contribution in [1.29, 1.82) is 0 Å². The van der Waals surface area contributed by atoms with Gasteiger partial charge in [0.25, 0.3) is 0 Å². The minimum atomic E-state index is -0.386. The average Bonchev–Trinajstić information content (AvgIpc) is 2.68. The molecule has 0 fully saturated rings. The van der Waals surface area contributed by atoms with Crippen molar-refractivity contribution in [3.63, 3.8) is 0 Å². The van der Waals surface area contributed by atoms with Gasteiger partial charge in [0.1, 0.15) is 4.60 Å². The maximum absolute atomic E-state index is 11.2. The Morgan fingerprint density at radius 2 is 2.39 bits per heavy atom. The van der Waals surface area contributed by atoms with E-state index in [4.69, 9.17) is 10.5 Å². The van der Waals surface area contributed by atoms with Crippen molar-refractivity contribution in [1.82, 2.24) is 10.2 Å². The van der Waals surface area contributed by atoms with E-state index in [1.165, 1.54) is 6.08 Å². The Hall–Kier alpha value is -1.82. The molecule has 0 bridgehead atoms. The number of nitrogens with one attached hydrogen (secondary N) is 1. The first-order valence-electron chi connectivity index (χ1n) is 5.39. The van der Waals surface area contributed by atoms with Crippen LogP contribution in [0.2, 0.25) is 0 Å². The lowest BCUT2D eigenvalue weighted by Gasteiger charge is -2.01. The number of hydrogen-bond acceptors (Lipinski definition) is 4. The van der Waals surface area contributed by atoms with Gasteiger partial charge in [0.05, 0.1) is 12.1 Å². The second kappa shape index (κ2) is 5.22. The van der Waals surface area contributed by atoms with E-state index in [1.807, 2.05) is 6.07 Å². The van der Waals surface area contributed by atoms with Crippen molar-refractivity contribution < 1.29 is 9.53 Å². The molecule has 1 aromatic heterocycles. The van der Waals surface area contributed by atoms with Gasteiger partial charge in [0.15, 0.2) is 0 Å². The highest BCUT2D eigenvalue weighted by atomic mass is 79.9. The van der Waals surface area contributed by atoms with E-state index in [0.29, 0.717) is 12.3 Å². The fraction of sp³-hybridized carbons (Fsp3) is 0.167. The Balaban J connectivity index is 2.35. The second-order valence-corrected chi connectivity index (χ2v) is 4.41. The molecule has 1 heterocycles. The molecule has 2 rings (SSSR count). The number of aromatic amines is 1. The third kappa shape index (κ3) is 2.53. The highest BCUT2D eigenvalue weighted by Gasteiger charge is 2.06.